The molecule has 154 valence electrons. The van der Waals surface area contributed by atoms with Gasteiger partial charge in [-0.3, -0.25) is 14.3 Å². The third-order valence-corrected chi connectivity index (χ3v) is 6.45. The lowest BCUT2D eigenvalue weighted by Gasteiger charge is -2.22. The second-order valence-corrected chi connectivity index (χ2v) is 8.72. The van der Waals surface area contributed by atoms with Gasteiger partial charge in [-0.2, -0.15) is 0 Å². The predicted molar refractivity (Wildman–Crippen MR) is 111 cm³/mol. The standard InChI is InChI=1S/C19H25N7O2S/c1-11-12(2)29-19-16(11)18(28)22-15(23-19)5-7-21-17(27)14-10-26(25-24-14)9-13-4-3-6-20-8-13/h10,13,20H,3-9H2,1-2H3,(H,21,27)(H,22,23,28)/t13-/m1/s1. The number of nitrogens with zero attached hydrogens (tertiary/aromatic N) is 4. The van der Waals surface area contributed by atoms with Crippen LogP contribution in [0.1, 0.15) is 39.6 Å². The molecule has 0 aromatic carbocycles. The molecule has 0 saturated carbocycles. The average molecular weight is 416 g/mol. The summed E-state index contributed by atoms with van der Waals surface area (Å²) in [5, 5.41) is 14.9. The van der Waals surface area contributed by atoms with Crippen LogP contribution in [0.4, 0.5) is 0 Å². The molecule has 0 aliphatic carbocycles. The first kappa shape index (κ1) is 19.7. The van der Waals surface area contributed by atoms with Crippen molar-refractivity contribution >= 4 is 27.5 Å². The second-order valence-electron chi connectivity index (χ2n) is 7.52. The third-order valence-electron chi connectivity index (χ3n) is 5.35. The molecule has 10 heteroatoms. The minimum Gasteiger partial charge on any atom is -0.350 e. The molecule has 1 fully saturated rings. The Labute approximate surface area is 171 Å². The molecule has 0 radical (unpaired) electrons. The quantitative estimate of drug-likeness (QED) is 0.556. The largest absolute Gasteiger partial charge is 0.350 e. The fraction of sp³-hybridized carbons (Fsp3) is 0.526. The number of H-pyrrole nitrogens is 1. The highest BCUT2D eigenvalue weighted by Crippen LogP contribution is 2.25. The molecule has 3 aromatic heterocycles. The Morgan fingerprint density at radius 2 is 2.28 bits per heavy atom. The highest BCUT2D eigenvalue weighted by atomic mass is 32.1. The molecule has 0 unspecified atom stereocenters. The maximum Gasteiger partial charge on any atom is 0.273 e. The SMILES string of the molecule is Cc1sc2nc(CCNC(=O)c3cn(C[C@@H]4CCCNC4)nn3)[nH]c(=O)c2c1C. The first-order valence-corrected chi connectivity index (χ1v) is 10.7. The molecule has 1 saturated heterocycles. The van der Waals surface area contributed by atoms with E-state index < -0.39 is 0 Å². The van der Waals surface area contributed by atoms with Gasteiger partial charge in [0.05, 0.1) is 11.6 Å². The predicted octanol–water partition coefficient (Wildman–Crippen LogP) is 1.17. The minimum atomic E-state index is -0.274. The van der Waals surface area contributed by atoms with Gasteiger partial charge in [-0.15, -0.1) is 16.4 Å². The summed E-state index contributed by atoms with van der Waals surface area (Å²) in [5.41, 5.74) is 1.15. The summed E-state index contributed by atoms with van der Waals surface area (Å²) in [6.45, 7) is 7.08. The zero-order chi connectivity index (χ0) is 20.4. The van der Waals surface area contributed by atoms with Crippen molar-refractivity contribution in [2.24, 2.45) is 5.92 Å². The van der Waals surface area contributed by atoms with Crippen molar-refractivity contribution in [1.82, 2.24) is 35.6 Å². The molecule has 4 rings (SSSR count). The summed E-state index contributed by atoms with van der Waals surface area (Å²) in [6, 6.07) is 0. The number of aromatic nitrogens is 5. The van der Waals surface area contributed by atoms with Crippen LogP contribution in [-0.4, -0.2) is 50.5 Å². The van der Waals surface area contributed by atoms with Crippen LogP contribution < -0.4 is 16.2 Å². The summed E-state index contributed by atoms with van der Waals surface area (Å²) in [4.78, 5) is 33.8. The Kier molecular flexibility index (Phi) is 5.72. The van der Waals surface area contributed by atoms with E-state index in [1.807, 2.05) is 13.8 Å². The molecule has 4 heterocycles. The zero-order valence-corrected chi connectivity index (χ0v) is 17.4. The van der Waals surface area contributed by atoms with Gasteiger partial charge in [0.1, 0.15) is 10.7 Å². The van der Waals surface area contributed by atoms with Crippen LogP contribution in [0, 0.1) is 19.8 Å². The Balaban J connectivity index is 1.33. The van der Waals surface area contributed by atoms with E-state index in [1.165, 1.54) is 17.8 Å². The third kappa shape index (κ3) is 4.38. The van der Waals surface area contributed by atoms with Crippen LogP contribution in [0.5, 0.6) is 0 Å². The van der Waals surface area contributed by atoms with Crippen LogP contribution in [0.2, 0.25) is 0 Å². The number of thiophene rings is 1. The van der Waals surface area contributed by atoms with Gasteiger partial charge in [-0.25, -0.2) is 4.98 Å². The van der Waals surface area contributed by atoms with Gasteiger partial charge in [-0.1, -0.05) is 5.21 Å². The van der Waals surface area contributed by atoms with Crippen LogP contribution in [0.3, 0.4) is 0 Å². The molecule has 3 N–H and O–H groups in total. The van der Waals surface area contributed by atoms with Gasteiger partial charge < -0.3 is 15.6 Å². The zero-order valence-electron chi connectivity index (χ0n) is 16.6. The van der Waals surface area contributed by atoms with Crippen molar-refractivity contribution in [3.8, 4) is 0 Å². The highest BCUT2D eigenvalue weighted by Gasteiger charge is 2.17. The summed E-state index contributed by atoms with van der Waals surface area (Å²) in [7, 11) is 0. The molecule has 1 aliphatic rings. The first-order chi connectivity index (χ1) is 14.0. The van der Waals surface area contributed by atoms with E-state index in [-0.39, 0.29) is 11.5 Å². The van der Waals surface area contributed by atoms with Gasteiger partial charge in [0.25, 0.3) is 11.5 Å². The molecular weight excluding hydrogens is 390 g/mol. The number of aromatic amines is 1. The van der Waals surface area contributed by atoms with Gasteiger partial charge in [0.15, 0.2) is 5.69 Å². The van der Waals surface area contributed by atoms with Crippen LogP contribution >= 0.6 is 11.3 Å². The summed E-state index contributed by atoms with van der Waals surface area (Å²) < 4.78 is 1.74. The normalized spacial score (nSPS) is 17.0. The number of fused-ring (bicyclic) bond motifs is 1. The second kappa shape index (κ2) is 8.42. The van der Waals surface area contributed by atoms with Gasteiger partial charge >= 0.3 is 0 Å². The lowest BCUT2D eigenvalue weighted by atomic mass is 10.00. The first-order valence-electron chi connectivity index (χ1n) is 9.89. The lowest BCUT2D eigenvalue weighted by molar-refractivity contribution is 0.0949. The van der Waals surface area contributed by atoms with Crippen molar-refractivity contribution in [3.05, 3.63) is 38.5 Å². The smallest absolute Gasteiger partial charge is 0.273 e. The Morgan fingerprint density at radius 1 is 1.41 bits per heavy atom. The number of nitrogens with one attached hydrogen (secondary N) is 3. The molecule has 0 bridgehead atoms. The molecular formula is C19H25N7O2S. The average Bonchev–Trinajstić information content (AvgIpc) is 3.27. The Hall–Kier alpha value is -2.59. The number of amides is 1. The minimum absolute atomic E-state index is 0.127. The van der Waals surface area contributed by atoms with Crippen molar-refractivity contribution in [2.75, 3.05) is 19.6 Å². The van der Waals surface area contributed by atoms with Gasteiger partial charge in [0, 0.05) is 24.4 Å². The number of hydrogen-bond donors (Lipinski definition) is 3. The molecule has 1 atom stereocenters. The number of carbonyl (C=O) groups is 1. The Bertz CT molecular complexity index is 1080. The highest BCUT2D eigenvalue weighted by molar-refractivity contribution is 7.18. The number of aryl methyl sites for hydroxylation is 2. The van der Waals surface area contributed by atoms with Crippen LogP contribution in [0.25, 0.3) is 10.2 Å². The fourth-order valence-corrected chi connectivity index (χ4v) is 4.69. The van der Waals surface area contributed by atoms with E-state index >= 15 is 0 Å². The van der Waals surface area contributed by atoms with Crippen molar-refractivity contribution < 1.29 is 4.79 Å². The topological polar surface area (TPSA) is 118 Å². The monoisotopic (exact) mass is 415 g/mol. The van der Waals surface area contributed by atoms with Crippen molar-refractivity contribution in [3.63, 3.8) is 0 Å². The Morgan fingerprint density at radius 3 is 3.07 bits per heavy atom. The molecule has 0 spiro atoms. The number of piperidine rings is 1. The fourth-order valence-electron chi connectivity index (χ4n) is 3.64. The summed E-state index contributed by atoms with van der Waals surface area (Å²) >= 11 is 1.52. The lowest BCUT2D eigenvalue weighted by Crippen LogP contribution is -2.32. The molecule has 29 heavy (non-hydrogen) atoms. The van der Waals surface area contributed by atoms with Crippen molar-refractivity contribution in [1.29, 1.82) is 0 Å². The van der Waals surface area contributed by atoms with E-state index in [4.69, 9.17) is 0 Å². The maximum atomic E-state index is 12.3. The molecule has 1 amide bonds. The van der Waals surface area contributed by atoms with Crippen LogP contribution in [0.15, 0.2) is 11.0 Å². The van der Waals surface area contributed by atoms with Crippen molar-refractivity contribution in [2.45, 2.75) is 39.7 Å². The van der Waals surface area contributed by atoms with E-state index in [0.717, 1.165) is 41.3 Å². The van der Waals surface area contributed by atoms with E-state index in [2.05, 4.69) is 30.9 Å². The number of carbonyl (C=O) groups excluding carboxylic acids is 1. The van der Waals surface area contributed by atoms with E-state index in [0.29, 0.717) is 35.8 Å². The van der Waals surface area contributed by atoms with E-state index in [1.54, 1.807) is 10.9 Å². The number of rotatable bonds is 6. The number of hydrogen-bond acceptors (Lipinski definition) is 7. The van der Waals surface area contributed by atoms with E-state index in [9.17, 15) is 9.59 Å². The molecule has 1 aliphatic heterocycles. The van der Waals surface area contributed by atoms with Gasteiger partial charge in [-0.05, 0) is 51.3 Å². The summed E-state index contributed by atoms with van der Waals surface area (Å²) in [6.07, 6.45) is 4.45. The molecule has 3 aromatic rings. The van der Waals surface area contributed by atoms with Crippen LogP contribution in [-0.2, 0) is 13.0 Å². The molecule has 9 nitrogen and oxygen atoms in total. The maximum absolute atomic E-state index is 12.3. The summed E-state index contributed by atoms with van der Waals surface area (Å²) in [5.74, 6) is 0.811. The van der Waals surface area contributed by atoms with Gasteiger partial charge in [0.2, 0.25) is 0 Å².